The number of amides is 2. The van der Waals surface area contributed by atoms with E-state index >= 15 is 0 Å². The van der Waals surface area contributed by atoms with Gasteiger partial charge < -0.3 is 10.2 Å². The number of fused-ring (bicyclic) bond motifs is 1. The molecule has 4 rings (SSSR count). The van der Waals surface area contributed by atoms with Crippen LogP contribution in [0.1, 0.15) is 42.5 Å². The highest BCUT2D eigenvalue weighted by Gasteiger charge is 2.37. The second-order valence-corrected chi connectivity index (χ2v) is 8.88. The lowest BCUT2D eigenvalue weighted by molar-refractivity contribution is -0.140. The summed E-state index contributed by atoms with van der Waals surface area (Å²) >= 11 is 0. The first-order valence-corrected chi connectivity index (χ1v) is 11.2. The molecule has 1 fully saturated rings. The zero-order valence-electron chi connectivity index (χ0n) is 18.3. The number of piperidine rings is 1. The molecule has 1 N–H and O–H groups in total. The average molecular weight is 442 g/mol. The minimum absolute atomic E-state index is 0.0283. The second kappa shape index (κ2) is 9.77. The van der Waals surface area contributed by atoms with Crippen molar-refractivity contribution >= 4 is 11.8 Å². The summed E-state index contributed by atoms with van der Waals surface area (Å²) in [5, 5.41) is 2.73. The largest absolute Gasteiger partial charge is 0.351 e. The molecule has 1 saturated heterocycles. The summed E-state index contributed by atoms with van der Waals surface area (Å²) in [6.45, 7) is 4.36. The van der Waals surface area contributed by atoms with E-state index in [0.717, 1.165) is 49.5 Å². The number of halogens is 2. The summed E-state index contributed by atoms with van der Waals surface area (Å²) in [7, 11) is 0. The van der Waals surface area contributed by atoms with Crippen molar-refractivity contribution in [1.82, 2.24) is 15.1 Å². The fourth-order valence-electron chi connectivity index (χ4n) is 4.63. The lowest BCUT2D eigenvalue weighted by Crippen LogP contribution is -2.50. The molecule has 2 aromatic rings. The van der Waals surface area contributed by atoms with Crippen LogP contribution in [0, 0.1) is 17.6 Å². The maximum absolute atomic E-state index is 13.5. The highest BCUT2D eigenvalue weighted by atomic mass is 19.1. The third-order valence-corrected chi connectivity index (χ3v) is 6.47. The molecular formula is C25H29F2N3O2. The third kappa shape index (κ3) is 5.15. The monoisotopic (exact) mass is 441 g/mol. The Kier molecular flexibility index (Phi) is 6.84. The summed E-state index contributed by atoms with van der Waals surface area (Å²) < 4.78 is 26.8. The van der Waals surface area contributed by atoms with Gasteiger partial charge in [-0.25, -0.2) is 8.78 Å². The molecule has 0 radical (unpaired) electrons. The van der Waals surface area contributed by atoms with Gasteiger partial charge in [0.25, 0.3) is 0 Å². The summed E-state index contributed by atoms with van der Waals surface area (Å²) in [4.78, 5) is 30.1. The fraction of sp³-hybridized carbons (Fsp3) is 0.440. The summed E-state index contributed by atoms with van der Waals surface area (Å²) in [6, 6.07) is 10.6. The van der Waals surface area contributed by atoms with Crippen molar-refractivity contribution in [2.75, 3.05) is 26.2 Å². The normalized spacial score (nSPS) is 19.5. The number of nitrogens with zero attached hydrogens (tertiary/aromatic N) is 2. The summed E-state index contributed by atoms with van der Waals surface area (Å²) in [5.74, 6) is -0.970. The molecule has 170 valence electrons. The zero-order chi connectivity index (χ0) is 22.7. The maximum atomic E-state index is 13.5. The predicted octanol–water partition coefficient (Wildman–Crippen LogP) is 3.44. The van der Waals surface area contributed by atoms with E-state index in [-0.39, 0.29) is 24.9 Å². The molecule has 7 heteroatoms. The van der Waals surface area contributed by atoms with Gasteiger partial charge in [-0.05, 0) is 54.0 Å². The standard InChI is InChI=1S/C25H29F2N3O2/c1-17-6-9-29(10-7-17)25(32)24-22-5-3-2-4-19(22)8-11-30(24)16-23(31)28-15-18-12-20(26)14-21(27)13-18/h2-5,12-14,17,24H,6-11,15-16H2,1H3,(H,28,31)/t24-/m1/s1. The van der Waals surface area contributed by atoms with Crippen LogP contribution in [0.4, 0.5) is 8.78 Å². The molecule has 0 aromatic heterocycles. The fourth-order valence-corrected chi connectivity index (χ4v) is 4.63. The summed E-state index contributed by atoms with van der Waals surface area (Å²) in [5.41, 5.74) is 2.46. The van der Waals surface area contributed by atoms with Gasteiger partial charge in [-0.2, -0.15) is 0 Å². The Bertz CT molecular complexity index is 969. The Labute approximate surface area is 187 Å². The molecule has 1 atom stereocenters. The lowest BCUT2D eigenvalue weighted by atomic mass is 9.90. The van der Waals surface area contributed by atoms with Gasteiger partial charge in [-0.15, -0.1) is 0 Å². The van der Waals surface area contributed by atoms with Crippen LogP contribution in [-0.4, -0.2) is 47.8 Å². The van der Waals surface area contributed by atoms with Gasteiger partial charge in [-0.3, -0.25) is 14.5 Å². The molecule has 2 aromatic carbocycles. The zero-order valence-corrected chi connectivity index (χ0v) is 18.3. The van der Waals surface area contributed by atoms with Gasteiger partial charge in [-0.1, -0.05) is 31.2 Å². The van der Waals surface area contributed by atoms with E-state index in [2.05, 4.69) is 12.2 Å². The van der Waals surface area contributed by atoms with Gasteiger partial charge in [0.05, 0.1) is 6.54 Å². The highest BCUT2D eigenvalue weighted by Crippen LogP contribution is 2.32. The van der Waals surface area contributed by atoms with Crippen LogP contribution in [0.25, 0.3) is 0 Å². The Morgan fingerprint density at radius 2 is 1.72 bits per heavy atom. The molecule has 0 aliphatic carbocycles. The van der Waals surface area contributed by atoms with Crippen molar-refractivity contribution in [3.05, 3.63) is 70.8 Å². The van der Waals surface area contributed by atoms with Crippen molar-refractivity contribution in [3.63, 3.8) is 0 Å². The number of nitrogens with one attached hydrogen (secondary N) is 1. The van der Waals surface area contributed by atoms with E-state index in [1.165, 1.54) is 12.1 Å². The molecular weight excluding hydrogens is 412 g/mol. The van der Waals surface area contributed by atoms with Crippen molar-refractivity contribution in [1.29, 1.82) is 0 Å². The second-order valence-electron chi connectivity index (χ2n) is 8.88. The van der Waals surface area contributed by atoms with Crippen LogP contribution in [0.15, 0.2) is 42.5 Å². The Balaban J connectivity index is 1.47. The van der Waals surface area contributed by atoms with Gasteiger partial charge in [0.2, 0.25) is 11.8 Å². The van der Waals surface area contributed by atoms with Crippen LogP contribution in [0.2, 0.25) is 0 Å². The maximum Gasteiger partial charge on any atom is 0.244 e. The molecule has 2 aliphatic rings. The van der Waals surface area contributed by atoms with E-state index in [9.17, 15) is 18.4 Å². The number of rotatable bonds is 5. The first-order valence-electron chi connectivity index (χ1n) is 11.2. The number of benzene rings is 2. The third-order valence-electron chi connectivity index (χ3n) is 6.47. The topological polar surface area (TPSA) is 52.7 Å². The minimum Gasteiger partial charge on any atom is -0.351 e. The first kappa shape index (κ1) is 22.4. The highest BCUT2D eigenvalue weighted by molar-refractivity contribution is 5.85. The van der Waals surface area contributed by atoms with Crippen molar-refractivity contribution in [3.8, 4) is 0 Å². The van der Waals surface area contributed by atoms with Crippen molar-refractivity contribution in [2.45, 2.75) is 38.8 Å². The van der Waals surface area contributed by atoms with Crippen LogP contribution >= 0.6 is 0 Å². The van der Waals surface area contributed by atoms with Gasteiger partial charge in [0.15, 0.2) is 0 Å². The predicted molar refractivity (Wildman–Crippen MR) is 118 cm³/mol. The molecule has 2 amide bonds. The van der Waals surface area contributed by atoms with E-state index < -0.39 is 17.7 Å². The minimum atomic E-state index is -0.677. The van der Waals surface area contributed by atoms with Crippen molar-refractivity contribution in [2.24, 2.45) is 5.92 Å². The Morgan fingerprint density at radius 1 is 1.03 bits per heavy atom. The van der Waals surface area contributed by atoms with Gasteiger partial charge >= 0.3 is 0 Å². The molecule has 0 saturated carbocycles. The molecule has 2 heterocycles. The smallest absolute Gasteiger partial charge is 0.244 e. The number of carbonyl (C=O) groups excluding carboxylic acids is 2. The van der Waals surface area contributed by atoms with E-state index in [0.29, 0.717) is 18.0 Å². The number of hydrogen-bond donors (Lipinski definition) is 1. The van der Waals surface area contributed by atoms with Crippen LogP contribution < -0.4 is 5.32 Å². The van der Waals surface area contributed by atoms with Crippen LogP contribution in [-0.2, 0) is 22.6 Å². The van der Waals surface area contributed by atoms with E-state index in [1.54, 1.807) is 0 Å². The molecule has 32 heavy (non-hydrogen) atoms. The SMILES string of the molecule is CC1CCN(C(=O)[C@H]2c3ccccc3CCN2CC(=O)NCc2cc(F)cc(F)c2)CC1. The van der Waals surface area contributed by atoms with Gasteiger partial charge in [0, 0.05) is 32.2 Å². The van der Waals surface area contributed by atoms with Crippen molar-refractivity contribution < 1.29 is 18.4 Å². The van der Waals surface area contributed by atoms with Crippen LogP contribution in [0.3, 0.4) is 0 Å². The molecule has 2 aliphatic heterocycles. The van der Waals surface area contributed by atoms with Crippen LogP contribution in [0.5, 0.6) is 0 Å². The quantitative estimate of drug-likeness (QED) is 0.774. The van der Waals surface area contributed by atoms with Gasteiger partial charge in [0.1, 0.15) is 17.7 Å². The molecule has 0 spiro atoms. The van der Waals surface area contributed by atoms with E-state index in [4.69, 9.17) is 0 Å². The number of carbonyl (C=O) groups is 2. The molecule has 0 bridgehead atoms. The Hall–Kier alpha value is -2.80. The number of hydrogen-bond acceptors (Lipinski definition) is 3. The average Bonchev–Trinajstić information content (AvgIpc) is 2.77. The van der Waals surface area contributed by atoms with E-state index in [1.807, 2.05) is 34.1 Å². The Morgan fingerprint density at radius 3 is 2.44 bits per heavy atom. The summed E-state index contributed by atoms with van der Waals surface area (Å²) in [6.07, 6.45) is 2.74. The molecule has 5 nitrogen and oxygen atoms in total. The lowest BCUT2D eigenvalue weighted by Gasteiger charge is -2.40. The number of likely N-dealkylation sites (tertiary alicyclic amines) is 1. The first-order chi connectivity index (χ1) is 15.4. The molecule has 0 unspecified atom stereocenters.